The second-order valence-electron chi connectivity index (χ2n) is 5.85. The summed E-state index contributed by atoms with van der Waals surface area (Å²) in [6, 6.07) is 15.7. The molecule has 0 atom stereocenters. The van der Waals surface area contributed by atoms with Gasteiger partial charge in [-0.2, -0.15) is 0 Å². The van der Waals surface area contributed by atoms with E-state index in [1.54, 1.807) is 6.07 Å². The second-order valence-corrected chi connectivity index (χ2v) is 7.99. The zero-order valence-electron chi connectivity index (χ0n) is 13.3. The quantitative estimate of drug-likeness (QED) is 0.364. The fourth-order valence-corrected chi connectivity index (χ4v) is 5.98. The SMILES string of the molecule is Cc1ccc2c([se]c3c(F)c(C#N)ccc32)c1-c1cccc[n+]1C. The van der Waals surface area contributed by atoms with E-state index >= 15 is 0 Å². The maximum atomic E-state index is 14.6. The number of pyridine rings is 1. The van der Waals surface area contributed by atoms with Crippen LogP contribution in [0.1, 0.15) is 11.1 Å². The summed E-state index contributed by atoms with van der Waals surface area (Å²) in [5.74, 6) is -0.354. The van der Waals surface area contributed by atoms with Crippen molar-refractivity contribution in [3.05, 3.63) is 65.6 Å². The van der Waals surface area contributed by atoms with Gasteiger partial charge in [-0.1, -0.05) is 0 Å². The zero-order valence-corrected chi connectivity index (χ0v) is 15.0. The van der Waals surface area contributed by atoms with E-state index in [1.165, 1.54) is 15.4 Å². The molecule has 0 bridgehead atoms. The van der Waals surface area contributed by atoms with Gasteiger partial charge in [0.1, 0.15) is 0 Å². The van der Waals surface area contributed by atoms with E-state index in [-0.39, 0.29) is 25.9 Å². The third-order valence-corrected chi connectivity index (χ3v) is 6.97. The van der Waals surface area contributed by atoms with E-state index < -0.39 is 0 Å². The van der Waals surface area contributed by atoms with Crippen molar-refractivity contribution < 1.29 is 8.96 Å². The summed E-state index contributed by atoms with van der Waals surface area (Å²) in [5, 5.41) is 11.1. The summed E-state index contributed by atoms with van der Waals surface area (Å²) < 4.78 is 18.6. The van der Waals surface area contributed by atoms with Gasteiger partial charge < -0.3 is 0 Å². The van der Waals surface area contributed by atoms with Gasteiger partial charge in [0.2, 0.25) is 0 Å². The first-order valence-corrected chi connectivity index (χ1v) is 9.32. The van der Waals surface area contributed by atoms with Crippen molar-refractivity contribution in [1.29, 1.82) is 5.26 Å². The molecule has 24 heavy (non-hydrogen) atoms. The number of aryl methyl sites for hydroxylation is 2. The Morgan fingerprint density at radius 2 is 1.79 bits per heavy atom. The molecule has 116 valence electrons. The van der Waals surface area contributed by atoms with Crippen molar-refractivity contribution in [2.24, 2.45) is 7.05 Å². The minimum atomic E-state index is -0.354. The third-order valence-electron chi connectivity index (χ3n) is 4.39. The van der Waals surface area contributed by atoms with Crippen LogP contribution in [0.2, 0.25) is 0 Å². The number of nitrogens with zero attached hydrogens (tertiary/aromatic N) is 2. The Morgan fingerprint density at radius 1 is 1.04 bits per heavy atom. The van der Waals surface area contributed by atoms with Crippen molar-refractivity contribution in [1.82, 2.24) is 0 Å². The second kappa shape index (κ2) is 5.56. The van der Waals surface area contributed by atoms with E-state index in [2.05, 4.69) is 29.7 Å². The molecule has 0 aliphatic heterocycles. The number of benzene rings is 2. The summed E-state index contributed by atoms with van der Waals surface area (Å²) in [6.07, 6.45) is 2.03. The molecule has 0 N–H and O–H groups in total. The maximum absolute atomic E-state index is 14.6. The van der Waals surface area contributed by atoms with Gasteiger partial charge in [-0.15, -0.1) is 0 Å². The standard InChI is InChI=1S/C20H14FN2Se/c1-12-6-8-14-15-9-7-13(11-22)18(21)20(15)24-19(14)17(12)16-5-3-4-10-23(16)2/h3-10H,1-2H3/q+1. The van der Waals surface area contributed by atoms with Gasteiger partial charge in [0.05, 0.1) is 0 Å². The van der Waals surface area contributed by atoms with E-state index in [9.17, 15) is 4.39 Å². The van der Waals surface area contributed by atoms with Crippen LogP contribution in [0.25, 0.3) is 30.6 Å². The normalized spacial score (nSPS) is 11.1. The molecule has 0 fully saturated rings. The number of rotatable bonds is 1. The van der Waals surface area contributed by atoms with E-state index in [1.807, 2.05) is 37.5 Å². The molecule has 2 aromatic carbocycles. The molecular weight excluding hydrogens is 366 g/mol. The number of hydrogen-bond acceptors (Lipinski definition) is 1. The van der Waals surface area contributed by atoms with Gasteiger partial charge in [-0.05, 0) is 0 Å². The number of aromatic nitrogens is 1. The molecule has 0 saturated carbocycles. The van der Waals surface area contributed by atoms with Crippen LogP contribution >= 0.6 is 0 Å². The Labute approximate surface area is 145 Å². The topological polar surface area (TPSA) is 27.7 Å². The van der Waals surface area contributed by atoms with Crippen LogP contribution in [0.5, 0.6) is 0 Å². The Morgan fingerprint density at radius 3 is 2.54 bits per heavy atom. The molecule has 0 unspecified atom stereocenters. The Kier molecular flexibility index (Phi) is 3.49. The Hall–Kier alpha value is -2.47. The van der Waals surface area contributed by atoms with Crippen LogP contribution in [0.4, 0.5) is 4.39 Å². The van der Waals surface area contributed by atoms with Crippen molar-refractivity contribution >= 4 is 33.8 Å². The third kappa shape index (κ3) is 2.10. The summed E-state index contributed by atoms with van der Waals surface area (Å²) >= 11 is -0.147. The van der Waals surface area contributed by atoms with Crippen molar-refractivity contribution in [3.63, 3.8) is 0 Å². The number of fused-ring (bicyclic) bond motifs is 3. The Balaban J connectivity index is 2.17. The number of halogens is 1. The molecule has 0 amide bonds. The zero-order chi connectivity index (χ0) is 16.8. The summed E-state index contributed by atoms with van der Waals surface area (Å²) in [5.41, 5.74) is 3.63. The van der Waals surface area contributed by atoms with Gasteiger partial charge in [0.15, 0.2) is 0 Å². The monoisotopic (exact) mass is 381 g/mol. The van der Waals surface area contributed by atoms with Crippen molar-refractivity contribution in [2.45, 2.75) is 6.92 Å². The average Bonchev–Trinajstić information content (AvgIpc) is 2.96. The Bertz CT molecular complexity index is 1150. The van der Waals surface area contributed by atoms with Crippen LogP contribution in [-0.4, -0.2) is 14.5 Å². The molecule has 0 saturated heterocycles. The fraction of sp³-hybridized carbons (Fsp3) is 0.100. The van der Waals surface area contributed by atoms with Crippen LogP contribution in [-0.2, 0) is 7.05 Å². The molecular formula is C20H14FN2Se+. The van der Waals surface area contributed by atoms with Crippen LogP contribution in [0.3, 0.4) is 0 Å². The van der Waals surface area contributed by atoms with Crippen LogP contribution < -0.4 is 4.57 Å². The first-order chi connectivity index (χ1) is 11.6. The van der Waals surface area contributed by atoms with Gasteiger partial charge in [-0.3, -0.25) is 0 Å². The molecule has 2 aromatic heterocycles. The fourth-order valence-electron chi connectivity index (χ4n) is 3.16. The molecule has 2 heterocycles. The molecule has 4 rings (SSSR count). The predicted molar refractivity (Wildman–Crippen MR) is 94.4 cm³/mol. The molecule has 0 aliphatic rings. The molecule has 4 aromatic rings. The van der Waals surface area contributed by atoms with Gasteiger partial charge in [-0.25, -0.2) is 0 Å². The average molecular weight is 380 g/mol. The van der Waals surface area contributed by atoms with Gasteiger partial charge >= 0.3 is 145 Å². The molecule has 0 aliphatic carbocycles. The van der Waals surface area contributed by atoms with Crippen molar-refractivity contribution in [2.75, 3.05) is 0 Å². The summed E-state index contributed by atoms with van der Waals surface area (Å²) in [6.45, 7) is 2.10. The van der Waals surface area contributed by atoms with Crippen LogP contribution in [0, 0.1) is 24.1 Å². The minimum absolute atomic E-state index is 0.131. The predicted octanol–water partition coefficient (Wildman–Crippen LogP) is 3.86. The van der Waals surface area contributed by atoms with E-state index in [0.717, 1.165) is 16.5 Å². The number of hydrogen-bond donors (Lipinski definition) is 0. The molecule has 0 spiro atoms. The van der Waals surface area contributed by atoms with Gasteiger partial charge in [0, 0.05) is 0 Å². The first kappa shape index (κ1) is 15.1. The van der Waals surface area contributed by atoms with Crippen LogP contribution in [0.15, 0.2) is 48.7 Å². The molecule has 2 nitrogen and oxygen atoms in total. The summed E-state index contributed by atoms with van der Waals surface area (Å²) in [7, 11) is 2.03. The molecule has 4 heteroatoms. The first-order valence-electron chi connectivity index (χ1n) is 7.61. The van der Waals surface area contributed by atoms with E-state index in [4.69, 9.17) is 5.26 Å². The number of nitriles is 1. The van der Waals surface area contributed by atoms with Crippen molar-refractivity contribution in [3.8, 4) is 17.3 Å². The molecule has 0 radical (unpaired) electrons. The summed E-state index contributed by atoms with van der Waals surface area (Å²) in [4.78, 5) is 0. The van der Waals surface area contributed by atoms with Gasteiger partial charge in [0.25, 0.3) is 0 Å². The van der Waals surface area contributed by atoms with E-state index in [0.29, 0.717) is 4.26 Å².